The van der Waals surface area contributed by atoms with E-state index in [1.807, 2.05) is 0 Å². The van der Waals surface area contributed by atoms with Gasteiger partial charge in [-0.1, -0.05) is 6.07 Å². The smallest absolute Gasteiger partial charge is 0.186 e. The first-order valence-electron chi connectivity index (χ1n) is 9.72. The molecule has 2 aromatic heterocycles. The van der Waals surface area contributed by atoms with Gasteiger partial charge in [0.25, 0.3) is 0 Å². The topological polar surface area (TPSA) is 92.5 Å². The fraction of sp³-hybridized carbons (Fsp3) is 0.318. The molecule has 0 bridgehead atoms. The van der Waals surface area contributed by atoms with Crippen LogP contribution in [0.4, 0.5) is 8.78 Å². The van der Waals surface area contributed by atoms with E-state index in [9.17, 15) is 23.8 Å². The van der Waals surface area contributed by atoms with Crippen LogP contribution >= 0.6 is 11.3 Å². The fourth-order valence-corrected chi connectivity index (χ4v) is 4.52. The molecule has 31 heavy (non-hydrogen) atoms. The summed E-state index contributed by atoms with van der Waals surface area (Å²) in [6, 6.07) is 5.26. The minimum absolute atomic E-state index is 0.0427. The van der Waals surface area contributed by atoms with Gasteiger partial charge < -0.3 is 14.9 Å². The van der Waals surface area contributed by atoms with Gasteiger partial charge in [-0.15, -0.1) is 11.3 Å². The Morgan fingerprint density at radius 2 is 2.00 bits per heavy atom. The predicted molar refractivity (Wildman–Crippen MR) is 110 cm³/mol. The second-order valence-corrected chi connectivity index (χ2v) is 8.29. The molecule has 0 aliphatic carbocycles. The first-order chi connectivity index (χ1) is 14.8. The Hall–Kier alpha value is -2.59. The Labute approximate surface area is 181 Å². The summed E-state index contributed by atoms with van der Waals surface area (Å²) in [5.74, 6) is -1.82. The number of Topliss-reactive ketones (excluding diaryl/α,β-unsaturated/α-hetero) is 1. The van der Waals surface area contributed by atoms with Crippen molar-refractivity contribution in [2.75, 3.05) is 0 Å². The molecule has 0 amide bonds. The number of halogens is 2. The summed E-state index contributed by atoms with van der Waals surface area (Å²) in [4.78, 5) is 21.1. The molecule has 4 atom stereocenters. The summed E-state index contributed by atoms with van der Waals surface area (Å²) in [7, 11) is 0. The highest BCUT2D eigenvalue weighted by atomic mass is 32.1. The quantitative estimate of drug-likeness (QED) is 0.583. The number of aromatic nitrogens is 2. The average Bonchev–Trinajstić information content (AvgIpc) is 3.22. The Balaban J connectivity index is 1.56. The van der Waals surface area contributed by atoms with Crippen molar-refractivity contribution in [2.24, 2.45) is 0 Å². The monoisotopic (exact) mass is 446 g/mol. The van der Waals surface area contributed by atoms with Gasteiger partial charge in [0.2, 0.25) is 0 Å². The van der Waals surface area contributed by atoms with Crippen molar-refractivity contribution >= 4 is 17.1 Å². The third-order valence-electron chi connectivity index (χ3n) is 5.32. The SMILES string of the molecule is C[C@H]1O[C@@H](c2ccncc2CC(=O)c2csc(-c3c(F)cccc3F)n2)C[C@@H](O)[C@@H]1O. The highest BCUT2D eigenvalue weighted by Crippen LogP contribution is 2.34. The van der Waals surface area contributed by atoms with E-state index in [1.165, 1.54) is 11.4 Å². The number of ketones is 1. The number of nitrogens with zero attached hydrogens (tertiary/aromatic N) is 2. The predicted octanol–water partition coefficient (Wildman–Crippen LogP) is 3.48. The molecule has 1 aliphatic rings. The zero-order valence-electron chi connectivity index (χ0n) is 16.5. The lowest BCUT2D eigenvalue weighted by atomic mass is 9.91. The van der Waals surface area contributed by atoms with Gasteiger partial charge in [0.1, 0.15) is 28.4 Å². The number of benzene rings is 1. The number of carbonyl (C=O) groups is 1. The van der Waals surface area contributed by atoms with E-state index < -0.39 is 36.1 Å². The van der Waals surface area contributed by atoms with Gasteiger partial charge in [-0.05, 0) is 36.2 Å². The van der Waals surface area contributed by atoms with Crippen molar-refractivity contribution < 1.29 is 28.5 Å². The van der Waals surface area contributed by atoms with Gasteiger partial charge in [0, 0.05) is 30.6 Å². The third-order valence-corrected chi connectivity index (χ3v) is 6.18. The number of carbonyl (C=O) groups excluding carboxylic acids is 1. The molecular formula is C22H20F2N2O4S. The number of aliphatic hydroxyl groups excluding tert-OH is 2. The van der Waals surface area contributed by atoms with Gasteiger partial charge in [-0.3, -0.25) is 9.78 Å². The number of thiazole rings is 1. The van der Waals surface area contributed by atoms with Crippen molar-refractivity contribution in [1.82, 2.24) is 9.97 Å². The maximum absolute atomic E-state index is 14.0. The highest BCUT2D eigenvalue weighted by molar-refractivity contribution is 7.13. The molecule has 2 N–H and O–H groups in total. The second-order valence-electron chi connectivity index (χ2n) is 7.43. The Kier molecular flexibility index (Phi) is 6.19. The van der Waals surface area contributed by atoms with Crippen molar-refractivity contribution in [3.05, 3.63) is 70.5 Å². The molecule has 6 nitrogen and oxygen atoms in total. The molecule has 1 aromatic carbocycles. The van der Waals surface area contributed by atoms with Gasteiger partial charge in [0.05, 0.1) is 23.9 Å². The lowest BCUT2D eigenvalue weighted by Crippen LogP contribution is -2.44. The Bertz CT molecular complexity index is 1070. The van der Waals surface area contributed by atoms with Gasteiger partial charge in [0.15, 0.2) is 5.78 Å². The highest BCUT2D eigenvalue weighted by Gasteiger charge is 2.35. The number of hydrogen-bond acceptors (Lipinski definition) is 7. The van der Waals surface area contributed by atoms with E-state index >= 15 is 0 Å². The van der Waals surface area contributed by atoms with Gasteiger partial charge in [-0.2, -0.15) is 0 Å². The summed E-state index contributed by atoms with van der Waals surface area (Å²) < 4.78 is 33.9. The fourth-order valence-electron chi connectivity index (χ4n) is 3.65. The zero-order chi connectivity index (χ0) is 22.1. The first kappa shape index (κ1) is 21.6. The summed E-state index contributed by atoms with van der Waals surface area (Å²) in [5, 5.41) is 21.6. The lowest BCUT2D eigenvalue weighted by Gasteiger charge is -2.36. The van der Waals surface area contributed by atoms with E-state index in [1.54, 1.807) is 25.4 Å². The normalized spacial score (nSPS) is 23.6. The molecule has 0 spiro atoms. The van der Waals surface area contributed by atoms with Crippen LogP contribution in [0.15, 0.2) is 42.0 Å². The molecule has 1 saturated heterocycles. The molecule has 0 radical (unpaired) electrons. The van der Waals surface area contributed by atoms with E-state index in [0.29, 0.717) is 11.1 Å². The van der Waals surface area contributed by atoms with Crippen molar-refractivity contribution in [2.45, 2.75) is 44.2 Å². The van der Waals surface area contributed by atoms with E-state index in [0.717, 1.165) is 23.5 Å². The minimum Gasteiger partial charge on any atom is -0.390 e. The van der Waals surface area contributed by atoms with E-state index in [4.69, 9.17) is 4.74 Å². The summed E-state index contributed by atoms with van der Waals surface area (Å²) in [6.07, 6.45) is 0.264. The zero-order valence-corrected chi connectivity index (χ0v) is 17.4. The number of hydrogen-bond donors (Lipinski definition) is 2. The van der Waals surface area contributed by atoms with Crippen LogP contribution in [0, 0.1) is 11.6 Å². The van der Waals surface area contributed by atoms with Crippen molar-refractivity contribution in [3.63, 3.8) is 0 Å². The molecule has 3 heterocycles. The van der Waals surface area contributed by atoms with Crippen molar-refractivity contribution in [3.8, 4) is 10.6 Å². The van der Waals surface area contributed by atoms with Gasteiger partial charge in [-0.25, -0.2) is 13.8 Å². The molecule has 4 rings (SSSR count). The number of pyridine rings is 1. The molecule has 9 heteroatoms. The summed E-state index contributed by atoms with van der Waals surface area (Å²) in [5.41, 5.74) is 1.13. The van der Waals surface area contributed by atoms with Crippen LogP contribution in [0.2, 0.25) is 0 Å². The van der Waals surface area contributed by atoms with Gasteiger partial charge >= 0.3 is 0 Å². The molecule has 1 fully saturated rings. The summed E-state index contributed by atoms with van der Waals surface area (Å²) >= 11 is 0.990. The van der Waals surface area contributed by atoms with Crippen LogP contribution in [-0.4, -0.2) is 44.3 Å². The number of ether oxygens (including phenoxy) is 1. The number of aliphatic hydroxyl groups is 2. The molecule has 0 saturated carbocycles. The van der Waals surface area contributed by atoms with Crippen LogP contribution in [0.1, 0.15) is 41.1 Å². The lowest BCUT2D eigenvalue weighted by molar-refractivity contribution is -0.163. The maximum Gasteiger partial charge on any atom is 0.186 e. The Morgan fingerprint density at radius 3 is 2.71 bits per heavy atom. The molecule has 3 aromatic rings. The second kappa shape index (κ2) is 8.88. The molecule has 162 valence electrons. The van der Waals surface area contributed by atoms with Crippen LogP contribution in [-0.2, 0) is 11.2 Å². The standard InChI is InChI=1S/C22H20F2N2O4S/c1-11-21(29)18(28)8-19(30-11)13-5-6-25-9-12(13)7-17(27)16-10-31-22(26-16)20-14(23)3-2-4-15(20)24/h2-6,9-11,18-19,21,28-29H,7-8H2,1H3/t11-,18-,19-,21-/m1/s1. The Morgan fingerprint density at radius 1 is 1.26 bits per heavy atom. The van der Waals surface area contributed by atoms with Crippen molar-refractivity contribution in [1.29, 1.82) is 0 Å². The van der Waals surface area contributed by atoms with Crippen LogP contribution in [0.5, 0.6) is 0 Å². The molecule has 1 aliphatic heterocycles. The molecule has 0 unspecified atom stereocenters. The average molecular weight is 446 g/mol. The van der Waals surface area contributed by atoms with Crippen LogP contribution in [0.25, 0.3) is 10.6 Å². The first-order valence-corrected chi connectivity index (χ1v) is 10.6. The maximum atomic E-state index is 14.0. The van der Waals surface area contributed by atoms with E-state index in [-0.39, 0.29) is 34.9 Å². The van der Waals surface area contributed by atoms with E-state index in [2.05, 4.69) is 9.97 Å². The summed E-state index contributed by atoms with van der Waals surface area (Å²) in [6.45, 7) is 1.67. The largest absolute Gasteiger partial charge is 0.390 e. The third kappa shape index (κ3) is 4.40. The molecular weight excluding hydrogens is 426 g/mol. The van der Waals surface area contributed by atoms with Crippen LogP contribution in [0.3, 0.4) is 0 Å². The minimum atomic E-state index is -0.977. The van der Waals surface area contributed by atoms with Crippen LogP contribution < -0.4 is 0 Å². The number of rotatable bonds is 5.